The average Bonchev–Trinajstić information content (AvgIpc) is 2.94. The van der Waals surface area contributed by atoms with Gasteiger partial charge in [-0.3, -0.25) is 4.79 Å². The number of amides is 1. The Morgan fingerprint density at radius 1 is 1.32 bits per heavy atom. The zero-order valence-corrected chi connectivity index (χ0v) is 10.5. The van der Waals surface area contributed by atoms with Crippen molar-refractivity contribution in [3.05, 3.63) is 29.6 Å². The molecule has 2 aliphatic rings. The van der Waals surface area contributed by atoms with Crippen molar-refractivity contribution in [2.75, 3.05) is 13.2 Å². The van der Waals surface area contributed by atoms with Crippen molar-refractivity contribution >= 4 is 5.91 Å². The molecule has 1 aromatic rings. The third kappa shape index (κ3) is 2.42. The van der Waals surface area contributed by atoms with E-state index in [2.05, 4.69) is 5.32 Å². The summed E-state index contributed by atoms with van der Waals surface area (Å²) >= 11 is 0. The Morgan fingerprint density at radius 3 is 3.00 bits per heavy atom. The van der Waals surface area contributed by atoms with E-state index in [9.17, 15) is 9.18 Å². The number of benzene rings is 1. The summed E-state index contributed by atoms with van der Waals surface area (Å²) in [6, 6.07) is 4.59. The molecule has 102 valence electrons. The Hall–Kier alpha value is -1.62. The fourth-order valence-corrected chi connectivity index (χ4v) is 2.59. The molecule has 0 aromatic heterocycles. The van der Waals surface area contributed by atoms with Crippen LogP contribution >= 0.6 is 0 Å². The maximum atomic E-state index is 13.6. The Morgan fingerprint density at radius 2 is 2.21 bits per heavy atom. The van der Waals surface area contributed by atoms with E-state index < -0.39 is 0 Å². The van der Waals surface area contributed by atoms with Crippen LogP contribution in [0.1, 0.15) is 30.9 Å². The summed E-state index contributed by atoms with van der Waals surface area (Å²) in [5, 5.41) is 2.93. The highest BCUT2D eigenvalue weighted by Gasteiger charge is 2.29. The molecule has 4 nitrogen and oxygen atoms in total. The van der Waals surface area contributed by atoms with Gasteiger partial charge in [0.05, 0.1) is 12.6 Å². The van der Waals surface area contributed by atoms with Crippen molar-refractivity contribution in [3.63, 3.8) is 0 Å². The molecule has 0 radical (unpaired) electrons. The molecule has 2 aliphatic heterocycles. The zero-order valence-electron chi connectivity index (χ0n) is 10.5. The molecule has 0 bridgehead atoms. The van der Waals surface area contributed by atoms with Crippen LogP contribution in [0.25, 0.3) is 0 Å². The number of ether oxygens (including phenoxy) is 2. The number of halogens is 1. The van der Waals surface area contributed by atoms with E-state index in [-0.39, 0.29) is 29.6 Å². The molecule has 0 saturated carbocycles. The lowest BCUT2D eigenvalue weighted by molar-refractivity contribution is -0.131. The third-order valence-corrected chi connectivity index (χ3v) is 3.56. The molecule has 0 spiro atoms. The molecule has 5 heteroatoms. The van der Waals surface area contributed by atoms with Crippen molar-refractivity contribution in [2.24, 2.45) is 0 Å². The Bertz CT molecular complexity index is 486. The normalized spacial score (nSPS) is 25.5. The molecule has 3 rings (SSSR count). The molecular weight excluding hydrogens is 249 g/mol. The van der Waals surface area contributed by atoms with E-state index >= 15 is 0 Å². The van der Waals surface area contributed by atoms with Gasteiger partial charge in [0.1, 0.15) is 6.10 Å². The van der Waals surface area contributed by atoms with Crippen molar-refractivity contribution in [1.82, 2.24) is 5.32 Å². The lowest BCUT2D eigenvalue weighted by atomic mass is 10.00. The minimum atomic E-state index is -0.381. The second-order valence-corrected chi connectivity index (χ2v) is 4.86. The highest BCUT2D eigenvalue weighted by molar-refractivity contribution is 5.81. The van der Waals surface area contributed by atoms with Crippen molar-refractivity contribution in [1.29, 1.82) is 0 Å². The van der Waals surface area contributed by atoms with Gasteiger partial charge in [0.15, 0.2) is 11.6 Å². The van der Waals surface area contributed by atoms with Crippen LogP contribution in [-0.2, 0) is 9.53 Å². The molecule has 1 saturated heterocycles. The quantitative estimate of drug-likeness (QED) is 0.889. The lowest BCUT2D eigenvalue weighted by Gasteiger charge is -2.27. The van der Waals surface area contributed by atoms with Crippen molar-refractivity contribution < 1.29 is 18.7 Å². The number of carbonyl (C=O) groups excluding carboxylic acids is 1. The molecule has 1 N–H and O–H groups in total. The Kier molecular flexibility index (Phi) is 3.38. The smallest absolute Gasteiger partial charge is 0.249 e. The highest BCUT2D eigenvalue weighted by Crippen LogP contribution is 2.34. The molecule has 1 aromatic carbocycles. The minimum Gasteiger partial charge on any atom is -0.490 e. The van der Waals surface area contributed by atoms with E-state index in [1.165, 1.54) is 6.07 Å². The topological polar surface area (TPSA) is 47.6 Å². The monoisotopic (exact) mass is 265 g/mol. The number of para-hydroxylation sites is 1. The van der Waals surface area contributed by atoms with Crippen LogP contribution in [0.5, 0.6) is 5.75 Å². The van der Waals surface area contributed by atoms with Crippen LogP contribution in [0.2, 0.25) is 0 Å². The number of fused-ring (bicyclic) bond motifs is 1. The van der Waals surface area contributed by atoms with Gasteiger partial charge >= 0.3 is 0 Å². The van der Waals surface area contributed by atoms with Gasteiger partial charge < -0.3 is 14.8 Å². The van der Waals surface area contributed by atoms with Gasteiger partial charge in [0, 0.05) is 18.6 Å². The van der Waals surface area contributed by atoms with Crippen molar-refractivity contribution in [3.8, 4) is 5.75 Å². The number of nitrogens with one attached hydrogen (secondary N) is 1. The van der Waals surface area contributed by atoms with Gasteiger partial charge in [-0.15, -0.1) is 0 Å². The SMILES string of the molecule is O=C(N[C@H]1CCOc2c(F)cccc21)[C@@H]1CCCO1. The Labute approximate surface area is 110 Å². The fraction of sp³-hybridized carbons (Fsp3) is 0.500. The van der Waals surface area contributed by atoms with Crippen LogP contribution in [0.3, 0.4) is 0 Å². The van der Waals surface area contributed by atoms with Crippen LogP contribution in [0, 0.1) is 5.82 Å². The van der Waals surface area contributed by atoms with Crippen molar-refractivity contribution in [2.45, 2.75) is 31.4 Å². The number of hydrogen-bond donors (Lipinski definition) is 1. The van der Waals surface area contributed by atoms with Crippen LogP contribution < -0.4 is 10.1 Å². The summed E-state index contributed by atoms with van der Waals surface area (Å²) in [7, 11) is 0. The largest absolute Gasteiger partial charge is 0.490 e. The second kappa shape index (κ2) is 5.17. The molecule has 0 aliphatic carbocycles. The first-order valence-electron chi connectivity index (χ1n) is 6.59. The molecule has 0 unspecified atom stereocenters. The molecule has 1 fully saturated rings. The maximum absolute atomic E-state index is 13.6. The summed E-state index contributed by atoms with van der Waals surface area (Å²) in [6.45, 7) is 1.04. The van der Waals surface area contributed by atoms with E-state index in [0.29, 0.717) is 25.2 Å². The first-order valence-corrected chi connectivity index (χ1v) is 6.59. The lowest BCUT2D eigenvalue weighted by Crippen LogP contribution is -2.38. The first kappa shape index (κ1) is 12.4. The van der Waals surface area contributed by atoms with E-state index in [1.807, 2.05) is 0 Å². The van der Waals surface area contributed by atoms with Gasteiger partial charge in [0.2, 0.25) is 5.91 Å². The third-order valence-electron chi connectivity index (χ3n) is 3.56. The summed E-state index contributed by atoms with van der Waals surface area (Å²) in [4.78, 5) is 12.0. The maximum Gasteiger partial charge on any atom is 0.249 e. The fourth-order valence-electron chi connectivity index (χ4n) is 2.59. The van der Waals surface area contributed by atoms with Gasteiger partial charge in [0.25, 0.3) is 0 Å². The molecular formula is C14H16FNO3. The predicted octanol–water partition coefficient (Wildman–Crippen LogP) is 1.94. The summed E-state index contributed by atoms with van der Waals surface area (Å²) < 4.78 is 24.3. The van der Waals surface area contributed by atoms with Crippen LogP contribution in [0.4, 0.5) is 4.39 Å². The van der Waals surface area contributed by atoms with Gasteiger partial charge in [-0.2, -0.15) is 0 Å². The van der Waals surface area contributed by atoms with Crippen LogP contribution in [-0.4, -0.2) is 25.2 Å². The summed E-state index contributed by atoms with van der Waals surface area (Å²) in [5.41, 5.74) is 0.706. The molecule has 2 atom stereocenters. The van der Waals surface area contributed by atoms with E-state index in [4.69, 9.17) is 9.47 Å². The van der Waals surface area contributed by atoms with E-state index in [1.54, 1.807) is 12.1 Å². The second-order valence-electron chi connectivity index (χ2n) is 4.86. The first-order chi connectivity index (χ1) is 9.25. The minimum absolute atomic E-state index is 0.111. The average molecular weight is 265 g/mol. The Balaban J connectivity index is 1.76. The molecule has 1 amide bonds. The van der Waals surface area contributed by atoms with Crippen LogP contribution in [0.15, 0.2) is 18.2 Å². The summed E-state index contributed by atoms with van der Waals surface area (Å²) in [5.74, 6) is -0.237. The standard InChI is InChI=1S/C14H16FNO3/c15-10-4-1-3-9-11(6-8-19-13(9)10)16-14(17)12-5-2-7-18-12/h1,3-4,11-12H,2,5-8H2,(H,16,17)/t11-,12-/m0/s1. The number of rotatable bonds is 2. The molecule has 2 heterocycles. The van der Waals surface area contributed by atoms with Gasteiger partial charge in [-0.05, 0) is 18.9 Å². The molecule has 19 heavy (non-hydrogen) atoms. The predicted molar refractivity (Wildman–Crippen MR) is 66.4 cm³/mol. The summed E-state index contributed by atoms with van der Waals surface area (Å²) in [6.07, 6.45) is 1.96. The highest BCUT2D eigenvalue weighted by atomic mass is 19.1. The van der Waals surface area contributed by atoms with E-state index in [0.717, 1.165) is 12.8 Å². The van der Waals surface area contributed by atoms with Gasteiger partial charge in [-0.25, -0.2) is 4.39 Å². The zero-order chi connectivity index (χ0) is 13.2. The number of hydrogen-bond acceptors (Lipinski definition) is 3. The van der Waals surface area contributed by atoms with Gasteiger partial charge in [-0.1, -0.05) is 12.1 Å². The number of carbonyl (C=O) groups is 1.